The van der Waals surface area contributed by atoms with Gasteiger partial charge in [0.05, 0.1) is 6.04 Å². The predicted molar refractivity (Wildman–Crippen MR) is 44.4 cm³/mol. The molecule has 1 aromatic heterocycles. The van der Waals surface area contributed by atoms with Crippen LogP contribution in [-0.2, 0) is 0 Å². The first-order valence-corrected chi connectivity index (χ1v) is 3.76. The van der Waals surface area contributed by atoms with E-state index in [0.717, 1.165) is 6.42 Å². The number of hydrogen-bond donors (Lipinski definition) is 1. The second-order valence-corrected chi connectivity index (χ2v) is 2.77. The first kappa shape index (κ1) is 6.46. The summed E-state index contributed by atoms with van der Waals surface area (Å²) in [6.45, 7) is 0. The third-order valence-electron chi connectivity index (χ3n) is 2.05. The zero-order valence-electron chi connectivity index (χ0n) is 6.49. The van der Waals surface area contributed by atoms with Crippen LogP contribution in [-0.4, -0.2) is 23.3 Å². The molecule has 1 unspecified atom stereocenters. The van der Waals surface area contributed by atoms with Crippen molar-refractivity contribution < 1.29 is 0 Å². The number of aromatic nitrogens is 1. The fourth-order valence-electron chi connectivity index (χ4n) is 1.40. The third kappa shape index (κ3) is 1.02. The predicted octanol–water partition coefficient (Wildman–Crippen LogP) is 1.38. The van der Waals surface area contributed by atoms with Gasteiger partial charge in [0, 0.05) is 32.1 Å². The van der Waals surface area contributed by atoms with E-state index in [0.29, 0.717) is 6.04 Å². The third-order valence-corrected chi connectivity index (χ3v) is 2.05. The van der Waals surface area contributed by atoms with Crippen LogP contribution < -0.4 is 0 Å². The molecule has 3 heteroatoms. The van der Waals surface area contributed by atoms with Crippen LogP contribution in [0.2, 0.25) is 0 Å². The van der Waals surface area contributed by atoms with E-state index in [2.05, 4.69) is 16.2 Å². The first-order valence-electron chi connectivity index (χ1n) is 3.76. The molecule has 1 atom stereocenters. The number of rotatable bonds is 1. The van der Waals surface area contributed by atoms with Crippen molar-refractivity contribution in [1.82, 2.24) is 9.99 Å². The molecular formula is C8H11N3. The number of nitrogens with one attached hydrogen (secondary N) is 1. The molecular weight excluding hydrogens is 138 g/mol. The molecule has 0 saturated carbocycles. The number of hydrazone groups is 1. The maximum atomic E-state index is 4.17. The molecule has 1 aliphatic rings. The number of H-pyrrole nitrogens is 1. The molecule has 58 valence electrons. The zero-order chi connectivity index (χ0) is 7.68. The molecule has 1 aromatic rings. The number of hydrogen-bond acceptors (Lipinski definition) is 2. The number of aromatic amines is 1. The Balaban J connectivity index is 2.19. The van der Waals surface area contributed by atoms with Crippen molar-refractivity contribution in [3.63, 3.8) is 0 Å². The Morgan fingerprint density at radius 2 is 2.64 bits per heavy atom. The van der Waals surface area contributed by atoms with E-state index in [1.165, 1.54) is 5.56 Å². The molecule has 11 heavy (non-hydrogen) atoms. The van der Waals surface area contributed by atoms with Gasteiger partial charge in [-0.05, 0) is 11.6 Å². The van der Waals surface area contributed by atoms with E-state index in [-0.39, 0.29) is 0 Å². The van der Waals surface area contributed by atoms with E-state index in [4.69, 9.17) is 0 Å². The summed E-state index contributed by atoms with van der Waals surface area (Å²) < 4.78 is 0. The normalized spacial score (nSPS) is 23.0. The van der Waals surface area contributed by atoms with Crippen molar-refractivity contribution in [2.45, 2.75) is 12.5 Å². The lowest BCUT2D eigenvalue weighted by molar-refractivity contribution is 0.290. The molecule has 0 aromatic carbocycles. The van der Waals surface area contributed by atoms with Crippen molar-refractivity contribution in [2.75, 3.05) is 7.05 Å². The zero-order valence-corrected chi connectivity index (χ0v) is 6.49. The minimum atomic E-state index is 0.446. The molecule has 0 fully saturated rings. The highest BCUT2D eigenvalue weighted by Crippen LogP contribution is 2.25. The summed E-state index contributed by atoms with van der Waals surface area (Å²) in [5, 5.41) is 6.16. The topological polar surface area (TPSA) is 31.4 Å². The van der Waals surface area contributed by atoms with Crippen LogP contribution in [0.25, 0.3) is 0 Å². The Morgan fingerprint density at radius 1 is 1.73 bits per heavy atom. The van der Waals surface area contributed by atoms with Crippen molar-refractivity contribution in [3.8, 4) is 0 Å². The molecule has 0 amide bonds. The lowest BCUT2D eigenvalue weighted by Gasteiger charge is -2.17. The average Bonchev–Trinajstić information content (AvgIpc) is 2.55. The Kier molecular flexibility index (Phi) is 1.42. The van der Waals surface area contributed by atoms with Gasteiger partial charge in [-0.3, -0.25) is 5.01 Å². The smallest absolute Gasteiger partial charge is 0.0781 e. The molecule has 2 rings (SSSR count). The molecule has 3 nitrogen and oxygen atoms in total. The lowest BCUT2D eigenvalue weighted by atomic mass is 10.1. The Bertz CT molecular complexity index is 250. The van der Waals surface area contributed by atoms with Gasteiger partial charge in [-0.25, -0.2) is 0 Å². The Hall–Kier alpha value is -1.25. The van der Waals surface area contributed by atoms with Crippen LogP contribution in [0.1, 0.15) is 18.0 Å². The van der Waals surface area contributed by atoms with Gasteiger partial charge in [0.15, 0.2) is 0 Å². The maximum absolute atomic E-state index is 4.17. The molecule has 0 spiro atoms. The fraction of sp³-hybridized carbons (Fsp3) is 0.375. The van der Waals surface area contributed by atoms with Gasteiger partial charge in [0.1, 0.15) is 0 Å². The van der Waals surface area contributed by atoms with Crippen LogP contribution in [0.3, 0.4) is 0 Å². The molecule has 2 heterocycles. The van der Waals surface area contributed by atoms with E-state index in [1.54, 1.807) is 0 Å². The van der Waals surface area contributed by atoms with Crippen LogP contribution in [0.4, 0.5) is 0 Å². The van der Waals surface area contributed by atoms with Crippen molar-refractivity contribution in [3.05, 3.63) is 24.0 Å². The van der Waals surface area contributed by atoms with Crippen LogP contribution >= 0.6 is 0 Å². The van der Waals surface area contributed by atoms with Gasteiger partial charge >= 0.3 is 0 Å². The van der Waals surface area contributed by atoms with Crippen LogP contribution in [0.15, 0.2) is 23.6 Å². The summed E-state index contributed by atoms with van der Waals surface area (Å²) in [4.78, 5) is 3.04. The summed E-state index contributed by atoms with van der Waals surface area (Å²) in [6, 6.07) is 2.54. The summed E-state index contributed by atoms with van der Waals surface area (Å²) in [5.41, 5.74) is 1.31. The largest absolute Gasteiger partial charge is 0.367 e. The SMILES string of the molecule is CN1N=CCC1c1cc[nH]c1. The van der Waals surface area contributed by atoms with Gasteiger partial charge in [0.2, 0.25) is 0 Å². The standard InChI is InChI=1S/C8H11N3/c1-11-8(3-5-10-11)7-2-4-9-6-7/h2,4-6,8-9H,3H2,1H3. The van der Waals surface area contributed by atoms with Crippen molar-refractivity contribution in [1.29, 1.82) is 0 Å². The van der Waals surface area contributed by atoms with Gasteiger partial charge in [-0.1, -0.05) is 0 Å². The summed E-state index contributed by atoms with van der Waals surface area (Å²) in [6.07, 6.45) is 6.95. The van der Waals surface area contributed by atoms with Gasteiger partial charge in [-0.15, -0.1) is 0 Å². The highest BCUT2D eigenvalue weighted by Gasteiger charge is 2.18. The molecule has 0 bridgehead atoms. The lowest BCUT2D eigenvalue weighted by Crippen LogP contribution is -2.12. The monoisotopic (exact) mass is 149 g/mol. The minimum Gasteiger partial charge on any atom is -0.367 e. The van der Waals surface area contributed by atoms with E-state index in [9.17, 15) is 0 Å². The second kappa shape index (κ2) is 2.42. The second-order valence-electron chi connectivity index (χ2n) is 2.77. The quantitative estimate of drug-likeness (QED) is 0.642. The van der Waals surface area contributed by atoms with Crippen molar-refractivity contribution >= 4 is 6.21 Å². The molecule has 0 aliphatic carbocycles. The summed E-state index contributed by atoms with van der Waals surface area (Å²) >= 11 is 0. The molecule has 0 radical (unpaired) electrons. The summed E-state index contributed by atoms with van der Waals surface area (Å²) in [7, 11) is 2.00. The molecule has 1 N–H and O–H groups in total. The van der Waals surface area contributed by atoms with Gasteiger partial charge in [-0.2, -0.15) is 5.10 Å². The number of nitrogens with zero attached hydrogens (tertiary/aromatic N) is 2. The van der Waals surface area contributed by atoms with E-state index >= 15 is 0 Å². The van der Waals surface area contributed by atoms with Crippen LogP contribution in [0, 0.1) is 0 Å². The average molecular weight is 149 g/mol. The highest BCUT2D eigenvalue weighted by atomic mass is 15.5. The summed E-state index contributed by atoms with van der Waals surface area (Å²) in [5.74, 6) is 0. The van der Waals surface area contributed by atoms with Gasteiger partial charge in [0.25, 0.3) is 0 Å². The molecule has 1 aliphatic heterocycles. The minimum absolute atomic E-state index is 0.446. The first-order chi connectivity index (χ1) is 5.38. The van der Waals surface area contributed by atoms with E-state index < -0.39 is 0 Å². The molecule has 0 saturated heterocycles. The maximum Gasteiger partial charge on any atom is 0.0781 e. The Morgan fingerprint density at radius 3 is 3.18 bits per heavy atom. The van der Waals surface area contributed by atoms with Crippen molar-refractivity contribution in [2.24, 2.45) is 5.10 Å². The fourth-order valence-corrected chi connectivity index (χ4v) is 1.40. The Labute approximate surface area is 65.7 Å². The highest BCUT2D eigenvalue weighted by molar-refractivity contribution is 5.60. The van der Waals surface area contributed by atoms with E-state index in [1.807, 2.05) is 30.7 Å². The van der Waals surface area contributed by atoms with Gasteiger partial charge < -0.3 is 4.98 Å². The van der Waals surface area contributed by atoms with Crippen LogP contribution in [0.5, 0.6) is 0 Å².